The molecule has 2 atom stereocenters. The van der Waals surface area contributed by atoms with E-state index in [-0.39, 0.29) is 5.41 Å². The van der Waals surface area contributed by atoms with Gasteiger partial charge in [0, 0.05) is 19.7 Å². The number of hydrogen-bond donors (Lipinski definition) is 1. The van der Waals surface area contributed by atoms with Crippen LogP contribution in [0.3, 0.4) is 0 Å². The van der Waals surface area contributed by atoms with E-state index >= 15 is 0 Å². The van der Waals surface area contributed by atoms with Crippen LogP contribution in [0.1, 0.15) is 51.7 Å². The molecule has 0 radical (unpaired) electrons. The SMILES string of the molecule is COCCNC(C)C(C)c1ccc(C(C)(C)C)cc1. The molecule has 19 heavy (non-hydrogen) atoms. The third kappa shape index (κ3) is 4.96. The molecule has 1 aromatic rings. The summed E-state index contributed by atoms with van der Waals surface area (Å²) in [5, 5.41) is 3.50. The monoisotopic (exact) mass is 263 g/mol. The molecule has 0 bridgehead atoms. The molecule has 0 aromatic heterocycles. The van der Waals surface area contributed by atoms with Crippen LogP contribution < -0.4 is 5.32 Å². The van der Waals surface area contributed by atoms with Gasteiger partial charge in [-0.25, -0.2) is 0 Å². The van der Waals surface area contributed by atoms with E-state index in [1.165, 1.54) is 11.1 Å². The first-order chi connectivity index (χ1) is 8.86. The van der Waals surface area contributed by atoms with Crippen molar-refractivity contribution in [3.8, 4) is 0 Å². The summed E-state index contributed by atoms with van der Waals surface area (Å²) in [5.74, 6) is 0.505. The van der Waals surface area contributed by atoms with E-state index in [0.29, 0.717) is 12.0 Å². The molecule has 0 spiro atoms. The number of rotatable bonds is 6. The lowest BCUT2D eigenvalue weighted by Crippen LogP contribution is -2.33. The number of nitrogens with one attached hydrogen (secondary N) is 1. The Bertz CT molecular complexity index is 364. The molecule has 1 rings (SSSR count). The molecule has 0 aliphatic heterocycles. The first-order valence-electron chi connectivity index (χ1n) is 7.19. The summed E-state index contributed by atoms with van der Waals surface area (Å²) in [6.07, 6.45) is 0. The predicted octanol–water partition coefficient (Wildman–Crippen LogP) is 3.71. The van der Waals surface area contributed by atoms with Gasteiger partial charge in [0.2, 0.25) is 0 Å². The molecule has 1 N–H and O–H groups in total. The van der Waals surface area contributed by atoms with Crippen LogP contribution in [0, 0.1) is 0 Å². The third-order valence-electron chi connectivity index (χ3n) is 3.82. The maximum absolute atomic E-state index is 5.07. The third-order valence-corrected chi connectivity index (χ3v) is 3.82. The average molecular weight is 263 g/mol. The Morgan fingerprint density at radius 1 is 1.11 bits per heavy atom. The van der Waals surface area contributed by atoms with Gasteiger partial charge in [-0.05, 0) is 29.4 Å². The topological polar surface area (TPSA) is 21.3 Å². The van der Waals surface area contributed by atoms with Crippen molar-refractivity contribution >= 4 is 0 Å². The van der Waals surface area contributed by atoms with Crippen LogP contribution in [0.15, 0.2) is 24.3 Å². The van der Waals surface area contributed by atoms with Gasteiger partial charge in [0.15, 0.2) is 0 Å². The van der Waals surface area contributed by atoms with Crippen LogP contribution in [0.25, 0.3) is 0 Å². The summed E-state index contributed by atoms with van der Waals surface area (Å²) in [6, 6.07) is 9.50. The fourth-order valence-corrected chi connectivity index (χ4v) is 2.14. The van der Waals surface area contributed by atoms with Crippen LogP contribution in [0.5, 0.6) is 0 Å². The van der Waals surface area contributed by atoms with Gasteiger partial charge in [-0.15, -0.1) is 0 Å². The number of methoxy groups -OCH3 is 1. The van der Waals surface area contributed by atoms with Gasteiger partial charge in [0.05, 0.1) is 6.61 Å². The zero-order chi connectivity index (χ0) is 14.5. The van der Waals surface area contributed by atoms with Gasteiger partial charge < -0.3 is 10.1 Å². The molecule has 0 aliphatic rings. The van der Waals surface area contributed by atoms with Gasteiger partial charge in [-0.1, -0.05) is 52.0 Å². The number of ether oxygens (including phenoxy) is 1. The summed E-state index contributed by atoms with van der Waals surface area (Å²) in [6.45, 7) is 12.9. The van der Waals surface area contributed by atoms with Gasteiger partial charge in [-0.3, -0.25) is 0 Å². The minimum atomic E-state index is 0.226. The Labute approximate surface area is 118 Å². The van der Waals surface area contributed by atoms with Crippen molar-refractivity contribution in [1.82, 2.24) is 5.32 Å². The minimum absolute atomic E-state index is 0.226. The highest BCUT2D eigenvalue weighted by molar-refractivity contribution is 5.29. The van der Waals surface area contributed by atoms with Crippen molar-refractivity contribution in [1.29, 1.82) is 0 Å². The molecule has 0 amide bonds. The molecule has 0 fully saturated rings. The Hall–Kier alpha value is -0.860. The van der Waals surface area contributed by atoms with Crippen molar-refractivity contribution in [3.63, 3.8) is 0 Å². The maximum Gasteiger partial charge on any atom is 0.0587 e. The second-order valence-corrected chi connectivity index (χ2v) is 6.40. The smallest absolute Gasteiger partial charge is 0.0587 e. The molecule has 0 aliphatic carbocycles. The Morgan fingerprint density at radius 2 is 1.68 bits per heavy atom. The minimum Gasteiger partial charge on any atom is -0.383 e. The molecule has 1 aromatic carbocycles. The summed E-state index contributed by atoms with van der Waals surface area (Å²) >= 11 is 0. The van der Waals surface area contributed by atoms with E-state index in [1.807, 2.05) is 0 Å². The maximum atomic E-state index is 5.07. The van der Waals surface area contributed by atoms with Crippen LogP contribution in [-0.2, 0) is 10.2 Å². The quantitative estimate of drug-likeness (QED) is 0.790. The van der Waals surface area contributed by atoms with Gasteiger partial charge >= 0.3 is 0 Å². The lowest BCUT2D eigenvalue weighted by molar-refractivity contribution is 0.195. The first-order valence-corrected chi connectivity index (χ1v) is 7.19. The fourth-order valence-electron chi connectivity index (χ4n) is 2.14. The van der Waals surface area contributed by atoms with Crippen molar-refractivity contribution < 1.29 is 4.74 Å². The van der Waals surface area contributed by atoms with Crippen LogP contribution in [0.4, 0.5) is 0 Å². The molecule has 108 valence electrons. The zero-order valence-corrected chi connectivity index (χ0v) is 13.3. The standard InChI is InChI=1S/C17H29NO/c1-13(14(2)18-11-12-19-6)15-7-9-16(10-8-15)17(3,4)5/h7-10,13-14,18H,11-12H2,1-6H3. The molecule has 0 heterocycles. The van der Waals surface area contributed by atoms with Gasteiger partial charge in [0.25, 0.3) is 0 Å². The largest absolute Gasteiger partial charge is 0.383 e. The number of benzene rings is 1. The highest BCUT2D eigenvalue weighted by atomic mass is 16.5. The molecular formula is C17H29NO. The second-order valence-electron chi connectivity index (χ2n) is 6.40. The van der Waals surface area contributed by atoms with Crippen molar-refractivity contribution in [2.75, 3.05) is 20.3 Å². The Morgan fingerprint density at radius 3 is 2.16 bits per heavy atom. The molecule has 0 saturated carbocycles. The lowest BCUT2D eigenvalue weighted by atomic mass is 9.85. The molecule has 0 saturated heterocycles. The molecule has 2 unspecified atom stereocenters. The normalized spacial score (nSPS) is 15.3. The van der Waals surface area contributed by atoms with E-state index < -0.39 is 0 Å². The summed E-state index contributed by atoms with van der Waals surface area (Å²) in [7, 11) is 1.74. The highest BCUT2D eigenvalue weighted by Crippen LogP contribution is 2.25. The highest BCUT2D eigenvalue weighted by Gasteiger charge is 2.16. The predicted molar refractivity (Wildman–Crippen MR) is 82.9 cm³/mol. The van der Waals surface area contributed by atoms with Gasteiger partial charge in [0.1, 0.15) is 0 Å². The van der Waals surface area contributed by atoms with Crippen LogP contribution in [0.2, 0.25) is 0 Å². The van der Waals surface area contributed by atoms with Crippen molar-refractivity contribution in [3.05, 3.63) is 35.4 Å². The number of hydrogen-bond acceptors (Lipinski definition) is 2. The van der Waals surface area contributed by atoms with E-state index in [4.69, 9.17) is 4.74 Å². The molecule has 2 nitrogen and oxygen atoms in total. The van der Waals surface area contributed by atoms with Crippen LogP contribution in [-0.4, -0.2) is 26.3 Å². The zero-order valence-electron chi connectivity index (χ0n) is 13.3. The van der Waals surface area contributed by atoms with Crippen molar-refractivity contribution in [2.45, 2.75) is 52.0 Å². The lowest BCUT2D eigenvalue weighted by Gasteiger charge is -2.24. The van der Waals surface area contributed by atoms with E-state index in [0.717, 1.165) is 13.2 Å². The van der Waals surface area contributed by atoms with Gasteiger partial charge in [-0.2, -0.15) is 0 Å². The summed E-state index contributed by atoms with van der Waals surface area (Å²) in [4.78, 5) is 0. The summed E-state index contributed by atoms with van der Waals surface area (Å²) < 4.78 is 5.07. The average Bonchev–Trinajstić information content (AvgIpc) is 2.37. The first kappa shape index (κ1) is 16.2. The summed E-state index contributed by atoms with van der Waals surface area (Å²) in [5.41, 5.74) is 3.01. The van der Waals surface area contributed by atoms with Crippen LogP contribution >= 0.6 is 0 Å². The molecule has 2 heteroatoms. The Kier molecular flexibility index (Phi) is 6.02. The molecular weight excluding hydrogens is 234 g/mol. The fraction of sp³-hybridized carbons (Fsp3) is 0.647. The Balaban J connectivity index is 2.64. The van der Waals surface area contributed by atoms with E-state index in [9.17, 15) is 0 Å². The van der Waals surface area contributed by atoms with Crippen molar-refractivity contribution in [2.24, 2.45) is 0 Å². The van der Waals surface area contributed by atoms with E-state index in [2.05, 4.69) is 64.2 Å². The van der Waals surface area contributed by atoms with E-state index in [1.54, 1.807) is 7.11 Å². The second kappa shape index (κ2) is 7.06.